The zero-order chi connectivity index (χ0) is 16.1. The molecule has 23 heavy (non-hydrogen) atoms. The van der Waals surface area contributed by atoms with Crippen molar-refractivity contribution in [2.75, 3.05) is 0 Å². The van der Waals surface area contributed by atoms with Gasteiger partial charge < -0.3 is 5.11 Å². The van der Waals surface area contributed by atoms with Crippen molar-refractivity contribution in [1.82, 2.24) is 0 Å². The number of aromatic hydroxyl groups is 1. The maximum atomic E-state index is 12.2. The molecule has 0 saturated heterocycles. The topological polar surface area (TPSA) is 37.3 Å². The zero-order valence-corrected chi connectivity index (χ0v) is 12.5. The van der Waals surface area contributed by atoms with Gasteiger partial charge in [-0.15, -0.1) is 0 Å². The highest BCUT2D eigenvalue weighted by atomic mass is 16.3. The summed E-state index contributed by atoms with van der Waals surface area (Å²) in [6.07, 6.45) is 3.29. The van der Waals surface area contributed by atoms with Gasteiger partial charge >= 0.3 is 0 Å². The van der Waals surface area contributed by atoms with E-state index in [9.17, 15) is 9.90 Å². The molecule has 0 aliphatic heterocycles. The van der Waals surface area contributed by atoms with Crippen LogP contribution in [-0.2, 0) is 0 Å². The SMILES string of the molecule is O=C(/C=C/c1ccc(O)cc1)c1ccc(-c2ccccc2)cc1. The van der Waals surface area contributed by atoms with Crippen molar-refractivity contribution in [2.24, 2.45) is 0 Å². The minimum Gasteiger partial charge on any atom is -0.508 e. The smallest absolute Gasteiger partial charge is 0.185 e. The van der Waals surface area contributed by atoms with E-state index in [4.69, 9.17) is 0 Å². The molecular weight excluding hydrogens is 284 g/mol. The molecular formula is C21H16O2. The number of ketones is 1. The number of phenolic OH excluding ortho intramolecular Hbond substituents is 1. The first-order chi connectivity index (χ1) is 11.2. The molecule has 0 aliphatic carbocycles. The van der Waals surface area contributed by atoms with Crippen LogP contribution in [0.25, 0.3) is 17.2 Å². The van der Waals surface area contributed by atoms with Gasteiger partial charge in [0, 0.05) is 5.56 Å². The predicted molar refractivity (Wildman–Crippen MR) is 93.3 cm³/mol. The quantitative estimate of drug-likeness (QED) is 0.546. The number of rotatable bonds is 4. The first kappa shape index (κ1) is 14.8. The summed E-state index contributed by atoms with van der Waals surface area (Å²) >= 11 is 0. The van der Waals surface area contributed by atoms with Gasteiger partial charge in [0.1, 0.15) is 5.75 Å². The molecule has 0 amide bonds. The number of hydrogen-bond donors (Lipinski definition) is 1. The molecule has 0 fully saturated rings. The second kappa shape index (κ2) is 6.75. The monoisotopic (exact) mass is 300 g/mol. The highest BCUT2D eigenvalue weighted by Gasteiger charge is 2.03. The first-order valence-electron chi connectivity index (χ1n) is 7.39. The second-order valence-corrected chi connectivity index (χ2v) is 5.23. The molecule has 3 rings (SSSR count). The van der Waals surface area contributed by atoms with Crippen molar-refractivity contribution in [2.45, 2.75) is 0 Å². The van der Waals surface area contributed by atoms with Crippen LogP contribution in [0.5, 0.6) is 5.75 Å². The Hall–Kier alpha value is -3.13. The number of carbonyl (C=O) groups is 1. The highest BCUT2D eigenvalue weighted by Crippen LogP contribution is 2.19. The van der Waals surface area contributed by atoms with E-state index in [0.29, 0.717) is 5.56 Å². The largest absolute Gasteiger partial charge is 0.508 e. The van der Waals surface area contributed by atoms with E-state index in [1.54, 1.807) is 36.4 Å². The van der Waals surface area contributed by atoms with Gasteiger partial charge in [0.2, 0.25) is 0 Å². The van der Waals surface area contributed by atoms with Crippen molar-refractivity contribution in [3.63, 3.8) is 0 Å². The van der Waals surface area contributed by atoms with Crippen LogP contribution in [0, 0.1) is 0 Å². The molecule has 0 aliphatic rings. The van der Waals surface area contributed by atoms with Gasteiger partial charge in [-0.2, -0.15) is 0 Å². The molecule has 1 N–H and O–H groups in total. The summed E-state index contributed by atoms with van der Waals surface area (Å²) in [6, 6.07) is 24.4. The van der Waals surface area contributed by atoms with Gasteiger partial charge in [0.25, 0.3) is 0 Å². The summed E-state index contributed by atoms with van der Waals surface area (Å²) in [4.78, 5) is 12.2. The fraction of sp³-hybridized carbons (Fsp3) is 0. The fourth-order valence-corrected chi connectivity index (χ4v) is 2.31. The Morgan fingerprint density at radius 3 is 2.00 bits per heavy atom. The lowest BCUT2D eigenvalue weighted by Crippen LogP contribution is -1.93. The average Bonchev–Trinajstić information content (AvgIpc) is 2.62. The third-order valence-corrected chi connectivity index (χ3v) is 3.60. The van der Waals surface area contributed by atoms with E-state index in [1.165, 1.54) is 0 Å². The highest BCUT2D eigenvalue weighted by molar-refractivity contribution is 6.07. The van der Waals surface area contributed by atoms with Crippen LogP contribution in [0.3, 0.4) is 0 Å². The zero-order valence-electron chi connectivity index (χ0n) is 12.5. The molecule has 2 heteroatoms. The van der Waals surface area contributed by atoms with Gasteiger partial charge in [-0.3, -0.25) is 4.79 Å². The third-order valence-electron chi connectivity index (χ3n) is 3.60. The predicted octanol–water partition coefficient (Wildman–Crippen LogP) is 4.96. The van der Waals surface area contributed by atoms with Gasteiger partial charge in [0.05, 0.1) is 0 Å². The Bertz CT molecular complexity index is 814. The molecule has 0 spiro atoms. The fourth-order valence-electron chi connectivity index (χ4n) is 2.31. The van der Waals surface area contributed by atoms with E-state index in [0.717, 1.165) is 16.7 Å². The van der Waals surface area contributed by atoms with Crippen LogP contribution in [0.2, 0.25) is 0 Å². The average molecular weight is 300 g/mol. The number of hydrogen-bond acceptors (Lipinski definition) is 2. The van der Waals surface area contributed by atoms with E-state index in [1.807, 2.05) is 54.6 Å². The molecule has 112 valence electrons. The number of benzene rings is 3. The third kappa shape index (κ3) is 3.74. The van der Waals surface area contributed by atoms with Crippen molar-refractivity contribution in [1.29, 1.82) is 0 Å². The summed E-state index contributed by atoms with van der Waals surface area (Å²) < 4.78 is 0. The molecule has 0 unspecified atom stereocenters. The molecule has 0 radical (unpaired) electrons. The van der Waals surface area contributed by atoms with E-state index >= 15 is 0 Å². The van der Waals surface area contributed by atoms with Gasteiger partial charge in [0.15, 0.2) is 5.78 Å². The molecule has 0 bridgehead atoms. The lowest BCUT2D eigenvalue weighted by atomic mass is 10.0. The Kier molecular flexibility index (Phi) is 4.34. The van der Waals surface area contributed by atoms with E-state index < -0.39 is 0 Å². The second-order valence-electron chi connectivity index (χ2n) is 5.23. The standard InChI is InChI=1S/C21H16O2/c22-20-13-6-16(7-14-20)8-15-21(23)19-11-9-18(10-12-19)17-4-2-1-3-5-17/h1-15,22H/b15-8+. The lowest BCUT2D eigenvalue weighted by Gasteiger charge is -2.02. The number of allylic oxidation sites excluding steroid dienone is 1. The van der Waals surface area contributed by atoms with Gasteiger partial charge in [-0.1, -0.05) is 72.8 Å². The minimum atomic E-state index is -0.0438. The Morgan fingerprint density at radius 2 is 1.35 bits per heavy atom. The van der Waals surface area contributed by atoms with Crippen LogP contribution in [0.1, 0.15) is 15.9 Å². The summed E-state index contributed by atoms with van der Waals surface area (Å²) in [7, 11) is 0. The maximum absolute atomic E-state index is 12.2. The summed E-state index contributed by atoms with van der Waals surface area (Å²) in [5.74, 6) is 0.169. The van der Waals surface area contributed by atoms with Gasteiger partial charge in [-0.25, -0.2) is 0 Å². The molecule has 0 saturated carbocycles. The lowest BCUT2D eigenvalue weighted by molar-refractivity contribution is 0.104. The maximum Gasteiger partial charge on any atom is 0.185 e. The summed E-state index contributed by atoms with van der Waals surface area (Å²) in [5, 5.41) is 9.24. The van der Waals surface area contributed by atoms with Crippen molar-refractivity contribution in [3.05, 3.63) is 96.1 Å². The van der Waals surface area contributed by atoms with Crippen LogP contribution in [0.4, 0.5) is 0 Å². The minimum absolute atomic E-state index is 0.0438. The molecule has 0 atom stereocenters. The first-order valence-corrected chi connectivity index (χ1v) is 7.39. The van der Waals surface area contributed by atoms with Crippen LogP contribution >= 0.6 is 0 Å². The summed E-state index contributed by atoms with van der Waals surface area (Å²) in [6.45, 7) is 0. The van der Waals surface area contributed by atoms with E-state index in [-0.39, 0.29) is 11.5 Å². The molecule has 0 aromatic heterocycles. The van der Waals surface area contributed by atoms with Gasteiger partial charge in [-0.05, 0) is 34.9 Å². The number of phenols is 1. The van der Waals surface area contributed by atoms with Crippen molar-refractivity contribution in [3.8, 4) is 16.9 Å². The summed E-state index contributed by atoms with van der Waals surface area (Å²) in [5.41, 5.74) is 3.74. The van der Waals surface area contributed by atoms with Crippen molar-refractivity contribution >= 4 is 11.9 Å². The molecule has 2 nitrogen and oxygen atoms in total. The Balaban J connectivity index is 1.74. The van der Waals surface area contributed by atoms with Crippen molar-refractivity contribution < 1.29 is 9.90 Å². The molecule has 3 aromatic carbocycles. The number of carbonyl (C=O) groups excluding carboxylic acids is 1. The molecule has 0 heterocycles. The van der Waals surface area contributed by atoms with Crippen LogP contribution in [-0.4, -0.2) is 10.9 Å². The van der Waals surface area contributed by atoms with E-state index in [2.05, 4.69) is 0 Å². The van der Waals surface area contributed by atoms with Crippen LogP contribution < -0.4 is 0 Å². The Labute approximate surface area is 135 Å². The van der Waals surface area contributed by atoms with Crippen LogP contribution in [0.15, 0.2) is 84.9 Å². The Morgan fingerprint density at radius 1 is 0.739 bits per heavy atom. The normalized spacial score (nSPS) is 10.8. The molecule has 3 aromatic rings.